The van der Waals surface area contributed by atoms with Gasteiger partial charge in [-0.2, -0.15) is 0 Å². The number of fused-ring (bicyclic) bond motifs is 10. The molecule has 5 aromatic carbocycles. The van der Waals surface area contributed by atoms with Crippen LogP contribution >= 0.6 is 0 Å². The Kier molecular flexibility index (Phi) is 7.29. The largest absolute Gasteiger partial charge is 0.507 e. The number of pyridine rings is 2. The van der Waals surface area contributed by atoms with Crippen LogP contribution in [0.4, 0.5) is 17.2 Å². The molecule has 9 rings (SSSR count). The molecule has 7 aromatic rings. The number of nitrogens with zero attached hydrogens (tertiary/aromatic N) is 3. The molecule has 2 aliphatic rings. The average molecular weight is 690 g/mol. The van der Waals surface area contributed by atoms with E-state index in [0.717, 1.165) is 50.8 Å². The van der Waals surface area contributed by atoms with Crippen LogP contribution in [0.25, 0.3) is 33.6 Å². The van der Waals surface area contributed by atoms with E-state index in [1.54, 1.807) is 6.07 Å². The highest BCUT2D eigenvalue weighted by atomic mass is 16.3. The summed E-state index contributed by atoms with van der Waals surface area (Å²) in [5.41, 5.74) is 14.3. The molecule has 0 bridgehead atoms. The molecule has 0 saturated heterocycles. The fraction of sp³-hybridized carbons (Fsp3) is 0.184. The van der Waals surface area contributed by atoms with Gasteiger partial charge in [0.25, 0.3) is 0 Å². The monoisotopic (exact) mass is 689 g/mol. The summed E-state index contributed by atoms with van der Waals surface area (Å²) in [6, 6.07) is 49.3. The van der Waals surface area contributed by atoms with Crippen LogP contribution in [0.3, 0.4) is 0 Å². The highest BCUT2D eigenvalue weighted by Crippen LogP contribution is 2.64. The number of aromatic hydroxyl groups is 1. The second-order valence-corrected chi connectivity index (χ2v) is 16.5. The van der Waals surface area contributed by atoms with E-state index in [0.29, 0.717) is 0 Å². The summed E-state index contributed by atoms with van der Waals surface area (Å²) in [7, 11) is 0. The van der Waals surface area contributed by atoms with Crippen LogP contribution in [-0.4, -0.2) is 15.1 Å². The Balaban J connectivity index is 1.33. The zero-order chi connectivity index (χ0) is 36.7. The first-order valence-electron chi connectivity index (χ1n) is 18.5. The Morgan fingerprint density at radius 2 is 1.17 bits per heavy atom. The van der Waals surface area contributed by atoms with Crippen molar-refractivity contribution in [3.05, 3.63) is 179 Å². The quantitative estimate of drug-likeness (QED) is 0.200. The van der Waals surface area contributed by atoms with Crippen molar-refractivity contribution >= 4 is 17.2 Å². The molecule has 2 heterocycles. The van der Waals surface area contributed by atoms with E-state index in [1.807, 2.05) is 30.5 Å². The Labute approximate surface area is 312 Å². The van der Waals surface area contributed by atoms with Crippen LogP contribution in [0.5, 0.6) is 5.75 Å². The first-order chi connectivity index (χ1) is 25.5. The minimum atomic E-state index is -0.600. The molecule has 2 aromatic heterocycles. The van der Waals surface area contributed by atoms with E-state index in [1.165, 1.54) is 33.4 Å². The van der Waals surface area contributed by atoms with Crippen molar-refractivity contribution < 1.29 is 5.11 Å². The number of hydrogen-bond donors (Lipinski definition) is 1. The topological polar surface area (TPSA) is 49.2 Å². The normalized spacial score (nSPS) is 13.7. The summed E-state index contributed by atoms with van der Waals surface area (Å²) in [6.07, 6.45) is 1.84. The average Bonchev–Trinajstić information content (AvgIpc) is 3.62. The molecule has 4 nitrogen and oxygen atoms in total. The summed E-state index contributed by atoms with van der Waals surface area (Å²) < 4.78 is 0. The lowest BCUT2D eigenvalue weighted by Gasteiger charge is -2.32. The van der Waals surface area contributed by atoms with Crippen molar-refractivity contribution in [2.75, 3.05) is 4.90 Å². The molecular weight excluding hydrogens is 647 g/mol. The lowest BCUT2D eigenvalue weighted by molar-refractivity contribution is 0.476. The van der Waals surface area contributed by atoms with Gasteiger partial charge in [0.1, 0.15) is 11.6 Å². The molecule has 1 spiro atoms. The molecule has 0 amide bonds. The Hall–Kier alpha value is -6.00. The number of rotatable bonds is 4. The van der Waals surface area contributed by atoms with Gasteiger partial charge in [0, 0.05) is 28.7 Å². The lowest BCUT2D eigenvalue weighted by atomic mass is 9.71. The van der Waals surface area contributed by atoms with E-state index in [2.05, 4.69) is 161 Å². The van der Waals surface area contributed by atoms with Crippen LogP contribution in [0.2, 0.25) is 0 Å². The molecule has 0 unspecified atom stereocenters. The molecule has 0 radical (unpaired) electrons. The summed E-state index contributed by atoms with van der Waals surface area (Å²) in [5.74, 6) is 1.01. The zero-order valence-electron chi connectivity index (χ0n) is 31.1. The van der Waals surface area contributed by atoms with Gasteiger partial charge in [-0.3, -0.25) is 9.88 Å². The minimum Gasteiger partial charge on any atom is -0.507 e. The van der Waals surface area contributed by atoms with Crippen molar-refractivity contribution in [1.82, 2.24) is 9.97 Å². The third-order valence-corrected chi connectivity index (χ3v) is 11.1. The zero-order valence-corrected chi connectivity index (χ0v) is 31.1. The van der Waals surface area contributed by atoms with Gasteiger partial charge in [-0.1, -0.05) is 133 Å². The number of phenols is 1. The van der Waals surface area contributed by atoms with Crippen molar-refractivity contribution in [2.24, 2.45) is 0 Å². The van der Waals surface area contributed by atoms with Gasteiger partial charge in [0.05, 0.1) is 16.8 Å². The minimum absolute atomic E-state index is 0.0801. The van der Waals surface area contributed by atoms with Gasteiger partial charge in [-0.05, 0) is 104 Å². The molecule has 0 atom stereocenters. The molecule has 260 valence electrons. The predicted octanol–water partition coefficient (Wildman–Crippen LogP) is 12.3. The summed E-state index contributed by atoms with van der Waals surface area (Å²) in [6.45, 7) is 13.6. The number of benzene rings is 5. The maximum absolute atomic E-state index is 11.7. The van der Waals surface area contributed by atoms with Crippen molar-refractivity contribution in [3.63, 3.8) is 0 Å². The fourth-order valence-electron chi connectivity index (χ4n) is 8.49. The van der Waals surface area contributed by atoms with Gasteiger partial charge in [-0.25, -0.2) is 4.98 Å². The number of anilines is 3. The van der Waals surface area contributed by atoms with Crippen LogP contribution in [0, 0.1) is 0 Å². The number of phenolic OH excluding ortho intramolecular Hbond substituents is 1. The first-order valence-corrected chi connectivity index (χ1v) is 18.5. The molecule has 0 fully saturated rings. The highest BCUT2D eigenvalue weighted by Gasteiger charge is 2.53. The third kappa shape index (κ3) is 5.03. The van der Waals surface area contributed by atoms with E-state index in [-0.39, 0.29) is 16.6 Å². The molecule has 1 N–H and O–H groups in total. The van der Waals surface area contributed by atoms with E-state index in [9.17, 15) is 5.11 Å². The van der Waals surface area contributed by atoms with Crippen molar-refractivity contribution in [3.8, 4) is 39.4 Å². The molecule has 4 heteroatoms. The highest BCUT2D eigenvalue weighted by molar-refractivity contribution is 5.96. The summed E-state index contributed by atoms with van der Waals surface area (Å²) in [4.78, 5) is 12.6. The summed E-state index contributed by atoms with van der Waals surface area (Å²) in [5, 5.41) is 11.7. The second kappa shape index (κ2) is 11.8. The van der Waals surface area contributed by atoms with Gasteiger partial charge in [-0.15, -0.1) is 0 Å². The number of aromatic nitrogens is 2. The van der Waals surface area contributed by atoms with Gasteiger partial charge in [0.2, 0.25) is 0 Å². The third-order valence-electron chi connectivity index (χ3n) is 11.1. The number of hydrogen-bond acceptors (Lipinski definition) is 4. The summed E-state index contributed by atoms with van der Waals surface area (Å²) >= 11 is 0. The maximum Gasteiger partial charge on any atom is 0.138 e. The molecular formula is C49H43N3O. The molecule has 53 heavy (non-hydrogen) atoms. The second-order valence-electron chi connectivity index (χ2n) is 16.5. The smallest absolute Gasteiger partial charge is 0.138 e. The standard InChI is InChI=1S/C49H43N3O/c1-47(2,3)32-28-33(48(4,5)6)30-35(29-32)52(34-16-13-15-31(27-34)42-22-11-12-26-50-42)44-25-24-41-46(51-44)45-40(21-14-23-43(45)53)49(41)38-19-9-7-17-36(38)37-18-8-10-20-39(37)49/h7-30,53H,1-6H3. The Morgan fingerprint density at radius 3 is 1.81 bits per heavy atom. The predicted molar refractivity (Wildman–Crippen MR) is 218 cm³/mol. The van der Waals surface area contributed by atoms with Crippen LogP contribution in [-0.2, 0) is 16.2 Å². The first kappa shape index (κ1) is 32.9. The SMILES string of the molecule is CC(C)(C)c1cc(N(c2cccc(-c3ccccn3)c2)c2ccc3c(n2)-c2c(O)cccc2C32c3ccccc3-c3ccccc32)cc(C(C)(C)C)c1. The fourth-order valence-corrected chi connectivity index (χ4v) is 8.49. The van der Waals surface area contributed by atoms with E-state index in [4.69, 9.17) is 4.98 Å². The van der Waals surface area contributed by atoms with Crippen LogP contribution in [0.15, 0.2) is 146 Å². The van der Waals surface area contributed by atoms with Crippen LogP contribution in [0.1, 0.15) is 74.9 Å². The van der Waals surface area contributed by atoms with E-state index < -0.39 is 5.41 Å². The molecule has 2 aliphatic carbocycles. The maximum atomic E-state index is 11.7. The van der Waals surface area contributed by atoms with Crippen molar-refractivity contribution in [1.29, 1.82) is 0 Å². The van der Waals surface area contributed by atoms with Crippen LogP contribution < -0.4 is 4.90 Å². The Bertz CT molecular complexity index is 2480. The molecule has 0 saturated carbocycles. The Morgan fingerprint density at radius 1 is 0.547 bits per heavy atom. The molecule has 0 aliphatic heterocycles. The van der Waals surface area contributed by atoms with Crippen molar-refractivity contribution in [2.45, 2.75) is 57.8 Å². The van der Waals surface area contributed by atoms with Gasteiger partial charge in [0.15, 0.2) is 0 Å². The lowest BCUT2D eigenvalue weighted by Crippen LogP contribution is -2.26. The van der Waals surface area contributed by atoms with E-state index >= 15 is 0 Å². The van der Waals surface area contributed by atoms with Gasteiger partial charge >= 0.3 is 0 Å². The van der Waals surface area contributed by atoms with Gasteiger partial charge < -0.3 is 5.11 Å².